The van der Waals surface area contributed by atoms with Gasteiger partial charge in [-0.15, -0.1) is 0 Å². The van der Waals surface area contributed by atoms with Gasteiger partial charge in [0.15, 0.2) is 0 Å². The van der Waals surface area contributed by atoms with Crippen molar-refractivity contribution in [2.75, 3.05) is 19.7 Å². The van der Waals surface area contributed by atoms with E-state index in [9.17, 15) is 4.79 Å². The Morgan fingerprint density at radius 3 is 2.47 bits per heavy atom. The molecule has 0 radical (unpaired) electrons. The number of carbonyl (C=O) groups is 2. The Balaban J connectivity index is 0.000000770. The van der Waals surface area contributed by atoms with E-state index in [0.717, 1.165) is 0 Å². The van der Waals surface area contributed by atoms with E-state index in [1.165, 1.54) is 0 Å². The van der Waals surface area contributed by atoms with E-state index in [-0.39, 0.29) is 18.7 Å². The molecule has 1 fully saturated rings. The molecule has 6 heteroatoms. The van der Waals surface area contributed by atoms with Gasteiger partial charge in [0.25, 0.3) is 6.47 Å². The van der Waals surface area contributed by atoms with Crippen molar-refractivity contribution in [2.45, 2.75) is 39.4 Å². The van der Waals surface area contributed by atoms with Crippen LogP contribution in [0, 0.1) is 0 Å². The largest absolute Gasteiger partial charge is 0.483 e. The molecule has 1 aliphatic rings. The lowest BCUT2D eigenvalue weighted by Crippen LogP contribution is -2.46. The van der Waals surface area contributed by atoms with Gasteiger partial charge < -0.3 is 19.5 Å². The van der Waals surface area contributed by atoms with Crippen molar-refractivity contribution in [3.8, 4) is 0 Å². The second-order valence-electron chi connectivity index (χ2n) is 4.71. The normalized spacial score (nSPS) is 20.0. The highest BCUT2D eigenvalue weighted by Gasteiger charge is 2.25. The van der Waals surface area contributed by atoms with Gasteiger partial charge in [-0.1, -0.05) is 0 Å². The molecule has 1 heterocycles. The van der Waals surface area contributed by atoms with E-state index >= 15 is 0 Å². The molecule has 1 atom stereocenters. The van der Waals surface area contributed by atoms with E-state index < -0.39 is 5.60 Å². The fourth-order valence-electron chi connectivity index (χ4n) is 1.31. The first-order chi connectivity index (χ1) is 7.80. The summed E-state index contributed by atoms with van der Waals surface area (Å²) in [6.45, 7) is 9.16. The molecular weight excluding hydrogens is 226 g/mol. The highest BCUT2D eigenvalue weighted by atomic mass is 16.6. The maximum Gasteiger partial charge on any atom is 0.410 e. The summed E-state index contributed by atoms with van der Waals surface area (Å²) < 4.78 is 10.6. The zero-order valence-electron chi connectivity index (χ0n) is 10.8. The summed E-state index contributed by atoms with van der Waals surface area (Å²) in [5.74, 6) is 0. The summed E-state index contributed by atoms with van der Waals surface area (Å²) in [7, 11) is 0. The van der Waals surface area contributed by atoms with Gasteiger partial charge in [-0.05, 0) is 27.7 Å². The van der Waals surface area contributed by atoms with Gasteiger partial charge in [0, 0.05) is 6.54 Å². The van der Waals surface area contributed by atoms with Crippen LogP contribution in [0.5, 0.6) is 0 Å². The molecule has 1 unspecified atom stereocenters. The summed E-state index contributed by atoms with van der Waals surface area (Å²) in [6.07, 6.45) is -0.135. The zero-order chi connectivity index (χ0) is 13.5. The monoisotopic (exact) mass is 247 g/mol. The number of morpholine rings is 1. The predicted octanol–water partition coefficient (Wildman–Crippen LogP) is 1.34. The molecular formula is C11H21NO5. The first kappa shape index (κ1) is 15.7. The Kier molecular flexibility index (Phi) is 6.57. The van der Waals surface area contributed by atoms with E-state index in [1.54, 1.807) is 4.90 Å². The molecule has 0 aromatic rings. The SMILES string of the molecule is CC1CN(C(=O)OC(C)(C)C)CCO1.O=CO. The summed E-state index contributed by atoms with van der Waals surface area (Å²) in [5, 5.41) is 6.89. The van der Waals surface area contributed by atoms with Crippen molar-refractivity contribution in [3.05, 3.63) is 0 Å². The van der Waals surface area contributed by atoms with Crippen LogP contribution in [0.25, 0.3) is 0 Å². The van der Waals surface area contributed by atoms with E-state index in [1.807, 2.05) is 27.7 Å². The Morgan fingerprint density at radius 1 is 1.53 bits per heavy atom. The van der Waals surface area contributed by atoms with Crippen LogP contribution in [-0.2, 0) is 14.3 Å². The molecule has 6 nitrogen and oxygen atoms in total. The molecule has 0 aromatic carbocycles. The van der Waals surface area contributed by atoms with Crippen LogP contribution < -0.4 is 0 Å². The fraction of sp³-hybridized carbons (Fsp3) is 0.818. The number of carboxylic acid groups (broad SMARTS) is 1. The van der Waals surface area contributed by atoms with Crippen LogP contribution in [0.15, 0.2) is 0 Å². The number of rotatable bonds is 0. The lowest BCUT2D eigenvalue weighted by molar-refractivity contribution is -0.122. The smallest absolute Gasteiger partial charge is 0.410 e. The lowest BCUT2D eigenvalue weighted by atomic mass is 10.2. The third-order valence-electron chi connectivity index (χ3n) is 1.89. The molecule has 1 aliphatic heterocycles. The number of hydrogen-bond donors (Lipinski definition) is 1. The molecule has 0 spiro atoms. The van der Waals surface area contributed by atoms with Crippen LogP contribution in [0.3, 0.4) is 0 Å². The van der Waals surface area contributed by atoms with Gasteiger partial charge in [0.2, 0.25) is 0 Å². The number of amides is 1. The lowest BCUT2D eigenvalue weighted by Gasteiger charge is -2.32. The molecule has 1 N–H and O–H groups in total. The maximum absolute atomic E-state index is 11.6. The zero-order valence-corrected chi connectivity index (χ0v) is 10.8. The van der Waals surface area contributed by atoms with Crippen LogP contribution in [0.2, 0.25) is 0 Å². The van der Waals surface area contributed by atoms with Crippen molar-refractivity contribution in [1.82, 2.24) is 4.90 Å². The van der Waals surface area contributed by atoms with E-state index in [4.69, 9.17) is 19.4 Å². The second-order valence-corrected chi connectivity index (χ2v) is 4.71. The van der Waals surface area contributed by atoms with Gasteiger partial charge >= 0.3 is 6.09 Å². The van der Waals surface area contributed by atoms with Crippen molar-refractivity contribution < 1.29 is 24.2 Å². The van der Waals surface area contributed by atoms with Crippen LogP contribution in [0.4, 0.5) is 4.79 Å². The molecule has 0 bridgehead atoms. The topological polar surface area (TPSA) is 76.1 Å². The van der Waals surface area contributed by atoms with Gasteiger partial charge in [0.05, 0.1) is 19.3 Å². The van der Waals surface area contributed by atoms with Crippen LogP contribution in [-0.4, -0.2) is 54.0 Å². The summed E-state index contributed by atoms with van der Waals surface area (Å²) in [4.78, 5) is 21.7. The van der Waals surface area contributed by atoms with E-state index in [0.29, 0.717) is 19.7 Å². The van der Waals surface area contributed by atoms with Gasteiger partial charge in [0.1, 0.15) is 5.60 Å². The van der Waals surface area contributed by atoms with Crippen LogP contribution in [0.1, 0.15) is 27.7 Å². The number of hydrogen-bond acceptors (Lipinski definition) is 4. The minimum atomic E-state index is -0.418. The van der Waals surface area contributed by atoms with E-state index in [2.05, 4.69) is 0 Å². The summed E-state index contributed by atoms with van der Waals surface area (Å²) >= 11 is 0. The molecule has 0 saturated carbocycles. The average Bonchev–Trinajstić information content (AvgIpc) is 2.16. The first-order valence-electron chi connectivity index (χ1n) is 5.47. The Bertz CT molecular complexity index is 249. The number of ether oxygens (including phenoxy) is 2. The minimum absolute atomic E-state index is 0.108. The van der Waals surface area contributed by atoms with Crippen LogP contribution >= 0.6 is 0 Å². The third-order valence-corrected chi connectivity index (χ3v) is 1.89. The molecule has 0 aromatic heterocycles. The second kappa shape index (κ2) is 7.11. The minimum Gasteiger partial charge on any atom is -0.483 e. The Morgan fingerprint density at radius 2 is 2.06 bits per heavy atom. The molecule has 1 saturated heterocycles. The standard InChI is InChI=1S/C10H19NO3.CH2O2/c1-8-7-11(5-6-13-8)9(12)14-10(2,3)4;2-1-3/h8H,5-7H2,1-4H3;1H,(H,2,3). The van der Waals surface area contributed by atoms with Gasteiger partial charge in [-0.25, -0.2) is 4.79 Å². The first-order valence-corrected chi connectivity index (χ1v) is 5.47. The molecule has 100 valence electrons. The van der Waals surface area contributed by atoms with Gasteiger partial charge in [-0.3, -0.25) is 4.79 Å². The van der Waals surface area contributed by atoms with Crippen molar-refractivity contribution in [1.29, 1.82) is 0 Å². The maximum atomic E-state index is 11.6. The van der Waals surface area contributed by atoms with Crippen molar-refractivity contribution >= 4 is 12.6 Å². The average molecular weight is 247 g/mol. The predicted molar refractivity (Wildman–Crippen MR) is 61.9 cm³/mol. The van der Waals surface area contributed by atoms with Gasteiger partial charge in [-0.2, -0.15) is 0 Å². The quantitative estimate of drug-likeness (QED) is 0.654. The highest BCUT2D eigenvalue weighted by Crippen LogP contribution is 2.12. The van der Waals surface area contributed by atoms with Crippen molar-refractivity contribution in [2.24, 2.45) is 0 Å². The highest BCUT2D eigenvalue weighted by molar-refractivity contribution is 5.68. The fourth-order valence-corrected chi connectivity index (χ4v) is 1.31. The number of nitrogens with zero attached hydrogens (tertiary/aromatic N) is 1. The summed E-state index contributed by atoms with van der Waals surface area (Å²) in [5.41, 5.74) is -0.418. The Labute approximate surface area is 101 Å². The molecule has 0 aliphatic carbocycles. The molecule has 1 amide bonds. The Hall–Kier alpha value is -1.30. The molecule has 1 rings (SSSR count). The molecule has 17 heavy (non-hydrogen) atoms. The number of carbonyl (C=O) groups excluding carboxylic acids is 1. The van der Waals surface area contributed by atoms with Crippen molar-refractivity contribution in [3.63, 3.8) is 0 Å². The third kappa shape index (κ3) is 7.57. The summed E-state index contributed by atoms with van der Waals surface area (Å²) in [6, 6.07) is 0.